The second kappa shape index (κ2) is 10.1. The number of H-pyrrole nitrogens is 1. The van der Waals surface area contributed by atoms with Crippen molar-refractivity contribution in [3.8, 4) is 11.1 Å². The van der Waals surface area contributed by atoms with Crippen molar-refractivity contribution in [3.63, 3.8) is 0 Å². The van der Waals surface area contributed by atoms with Crippen molar-refractivity contribution in [1.29, 1.82) is 0 Å². The Morgan fingerprint density at radius 1 is 0.946 bits per heavy atom. The van der Waals surface area contributed by atoms with E-state index < -0.39 is 0 Å². The smallest absolute Gasteiger partial charge is 0.410 e. The van der Waals surface area contributed by atoms with Gasteiger partial charge in [0, 0.05) is 19.0 Å². The number of ether oxygens (including phenoxy) is 1. The zero-order chi connectivity index (χ0) is 25.2. The standard InChI is InChI=1S/C30H30N4O3/c35-29(23-12-13-23)31-18-20-8-10-22(11-9-20)24-14-15-25-26(17-24)33-28(32-25)27-7-4-16-34(27)30(36)37-19-21-5-2-1-3-6-21/h1-3,5-6,8-11,14-15,17,23,27H,4,7,12-13,16,18-19H2,(H,31,35)(H,32,33). The average molecular weight is 495 g/mol. The number of benzene rings is 3. The second-order valence-corrected chi connectivity index (χ2v) is 9.93. The maximum Gasteiger partial charge on any atom is 0.410 e. The predicted octanol–water partition coefficient (Wildman–Crippen LogP) is 5.73. The number of rotatable bonds is 7. The van der Waals surface area contributed by atoms with Crippen LogP contribution in [0.4, 0.5) is 4.79 Å². The number of aromatic nitrogens is 2. The van der Waals surface area contributed by atoms with Gasteiger partial charge in [0.15, 0.2) is 0 Å². The van der Waals surface area contributed by atoms with Crippen molar-refractivity contribution in [2.75, 3.05) is 6.54 Å². The highest BCUT2D eigenvalue weighted by molar-refractivity contribution is 5.82. The average Bonchev–Trinajstić information content (AvgIpc) is 3.52. The van der Waals surface area contributed by atoms with Gasteiger partial charge >= 0.3 is 6.09 Å². The number of nitrogens with zero attached hydrogens (tertiary/aromatic N) is 2. The van der Waals surface area contributed by atoms with Crippen molar-refractivity contribution in [3.05, 3.63) is 89.7 Å². The van der Waals surface area contributed by atoms with Crippen molar-refractivity contribution < 1.29 is 14.3 Å². The fourth-order valence-corrected chi connectivity index (χ4v) is 4.93. The second-order valence-electron chi connectivity index (χ2n) is 9.93. The van der Waals surface area contributed by atoms with Gasteiger partial charge in [-0.1, -0.05) is 60.7 Å². The molecule has 0 spiro atoms. The van der Waals surface area contributed by atoms with Gasteiger partial charge in [0.2, 0.25) is 5.91 Å². The van der Waals surface area contributed by atoms with Crippen LogP contribution in [0.2, 0.25) is 0 Å². The van der Waals surface area contributed by atoms with E-state index in [0.717, 1.165) is 64.8 Å². The Hall–Kier alpha value is -4.13. The molecule has 3 aromatic carbocycles. The first kappa shape index (κ1) is 23.3. The van der Waals surface area contributed by atoms with E-state index in [1.807, 2.05) is 36.4 Å². The molecule has 2 N–H and O–H groups in total. The molecule has 1 saturated heterocycles. The van der Waals surface area contributed by atoms with E-state index in [1.165, 1.54) is 0 Å². The molecule has 1 aliphatic carbocycles. The molecule has 6 rings (SSSR count). The third-order valence-electron chi connectivity index (χ3n) is 7.21. The van der Waals surface area contributed by atoms with Crippen molar-refractivity contribution in [2.24, 2.45) is 5.92 Å². The number of imidazole rings is 1. The van der Waals surface area contributed by atoms with Gasteiger partial charge < -0.3 is 15.0 Å². The van der Waals surface area contributed by atoms with Crippen LogP contribution in [0.1, 0.15) is 48.7 Å². The van der Waals surface area contributed by atoms with Crippen LogP contribution in [-0.2, 0) is 22.7 Å². The minimum atomic E-state index is -0.305. The first-order chi connectivity index (χ1) is 18.1. The predicted molar refractivity (Wildman–Crippen MR) is 141 cm³/mol. The highest BCUT2D eigenvalue weighted by Gasteiger charge is 2.33. The molecule has 2 amide bonds. The molecule has 2 aliphatic rings. The lowest BCUT2D eigenvalue weighted by Crippen LogP contribution is -2.31. The molecular weight excluding hydrogens is 464 g/mol. The fraction of sp³-hybridized carbons (Fsp3) is 0.300. The maximum absolute atomic E-state index is 12.8. The summed E-state index contributed by atoms with van der Waals surface area (Å²) in [6.45, 7) is 1.48. The number of hydrogen-bond donors (Lipinski definition) is 2. The maximum atomic E-state index is 12.8. The summed E-state index contributed by atoms with van der Waals surface area (Å²) in [6, 6.07) is 24.1. The Morgan fingerprint density at radius 3 is 2.51 bits per heavy atom. The highest BCUT2D eigenvalue weighted by atomic mass is 16.6. The van der Waals surface area contributed by atoms with E-state index >= 15 is 0 Å². The zero-order valence-electron chi connectivity index (χ0n) is 20.7. The Labute approximate surface area is 215 Å². The summed E-state index contributed by atoms with van der Waals surface area (Å²) in [6.07, 6.45) is 3.49. The van der Waals surface area contributed by atoms with Crippen molar-refractivity contribution >= 4 is 23.0 Å². The van der Waals surface area contributed by atoms with Crippen LogP contribution in [0.5, 0.6) is 0 Å². The monoisotopic (exact) mass is 494 g/mol. The normalized spacial score (nSPS) is 17.2. The summed E-state index contributed by atoms with van der Waals surface area (Å²) < 4.78 is 5.59. The quantitative estimate of drug-likeness (QED) is 0.344. The zero-order valence-corrected chi connectivity index (χ0v) is 20.7. The third-order valence-corrected chi connectivity index (χ3v) is 7.21. The van der Waals surface area contributed by atoms with Crippen LogP contribution >= 0.6 is 0 Å². The van der Waals surface area contributed by atoms with Crippen LogP contribution in [0, 0.1) is 5.92 Å². The minimum absolute atomic E-state index is 0.121. The molecule has 1 aromatic heterocycles. The Kier molecular flexibility index (Phi) is 6.35. The van der Waals surface area contributed by atoms with E-state index in [2.05, 4.69) is 46.7 Å². The number of amides is 2. The molecule has 37 heavy (non-hydrogen) atoms. The molecule has 4 aromatic rings. The number of fused-ring (bicyclic) bond motifs is 1. The number of aromatic amines is 1. The number of carbonyl (C=O) groups is 2. The number of nitrogens with one attached hydrogen (secondary N) is 2. The molecule has 2 fully saturated rings. The fourth-order valence-electron chi connectivity index (χ4n) is 4.93. The summed E-state index contributed by atoms with van der Waals surface area (Å²) in [5.41, 5.74) is 6.04. The van der Waals surface area contributed by atoms with Gasteiger partial charge in [-0.05, 0) is 60.1 Å². The van der Waals surface area contributed by atoms with Gasteiger partial charge in [0.05, 0.1) is 17.1 Å². The molecule has 1 aliphatic heterocycles. The molecule has 0 radical (unpaired) electrons. The molecule has 188 valence electrons. The number of carbonyl (C=O) groups excluding carboxylic acids is 2. The van der Waals surface area contributed by atoms with Crippen LogP contribution in [0.25, 0.3) is 22.2 Å². The van der Waals surface area contributed by atoms with Crippen molar-refractivity contribution in [1.82, 2.24) is 20.2 Å². The van der Waals surface area contributed by atoms with Gasteiger partial charge in [0.25, 0.3) is 0 Å². The minimum Gasteiger partial charge on any atom is -0.445 e. The van der Waals surface area contributed by atoms with Gasteiger partial charge in [0.1, 0.15) is 12.4 Å². The molecule has 7 heteroatoms. The van der Waals surface area contributed by atoms with Gasteiger partial charge in [-0.3, -0.25) is 9.69 Å². The van der Waals surface area contributed by atoms with Gasteiger partial charge in [-0.15, -0.1) is 0 Å². The third kappa shape index (κ3) is 5.21. The summed E-state index contributed by atoms with van der Waals surface area (Å²) in [5.74, 6) is 1.18. The number of likely N-dealkylation sites (tertiary alicyclic amines) is 1. The summed E-state index contributed by atoms with van der Waals surface area (Å²) in [7, 11) is 0. The van der Waals surface area contributed by atoms with E-state index in [4.69, 9.17) is 9.72 Å². The molecular formula is C30H30N4O3. The van der Waals surface area contributed by atoms with Crippen LogP contribution < -0.4 is 5.32 Å². The number of hydrogen-bond acceptors (Lipinski definition) is 4. The van der Waals surface area contributed by atoms with E-state index in [-0.39, 0.29) is 30.6 Å². The first-order valence-corrected chi connectivity index (χ1v) is 13.0. The Balaban J connectivity index is 1.13. The molecule has 7 nitrogen and oxygen atoms in total. The molecule has 0 bridgehead atoms. The molecule has 1 saturated carbocycles. The SMILES string of the molecule is O=C(NCc1ccc(-c2ccc3[nH]c(C4CCCN4C(=O)OCc4ccccc4)nc3c2)cc1)C1CC1. The van der Waals surface area contributed by atoms with Crippen molar-refractivity contribution in [2.45, 2.75) is 44.9 Å². The molecule has 2 heterocycles. The lowest BCUT2D eigenvalue weighted by Gasteiger charge is -2.22. The van der Waals surface area contributed by atoms with Crippen LogP contribution in [-0.4, -0.2) is 33.4 Å². The largest absolute Gasteiger partial charge is 0.445 e. The summed E-state index contributed by atoms with van der Waals surface area (Å²) >= 11 is 0. The molecule has 1 unspecified atom stereocenters. The Morgan fingerprint density at radius 2 is 1.73 bits per heavy atom. The molecule has 1 atom stereocenters. The first-order valence-electron chi connectivity index (χ1n) is 13.0. The van der Waals surface area contributed by atoms with Gasteiger partial charge in [-0.25, -0.2) is 9.78 Å². The van der Waals surface area contributed by atoms with E-state index in [0.29, 0.717) is 13.1 Å². The summed E-state index contributed by atoms with van der Waals surface area (Å²) in [5, 5.41) is 3.01. The van der Waals surface area contributed by atoms with Gasteiger partial charge in [-0.2, -0.15) is 0 Å². The highest BCUT2D eigenvalue weighted by Crippen LogP contribution is 2.33. The van der Waals surface area contributed by atoms with Crippen LogP contribution in [0.3, 0.4) is 0 Å². The van der Waals surface area contributed by atoms with E-state index in [1.54, 1.807) is 4.90 Å². The lowest BCUT2D eigenvalue weighted by molar-refractivity contribution is -0.122. The van der Waals surface area contributed by atoms with Crippen LogP contribution in [0.15, 0.2) is 72.8 Å². The topological polar surface area (TPSA) is 87.3 Å². The lowest BCUT2D eigenvalue weighted by atomic mass is 10.0. The summed E-state index contributed by atoms with van der Waals surface area (Å²) in [4.78, 5) is 34.8. The van der Waals surface area contributed by atoms with E-state index in [9.17, 15) is 9.59 Å². The Bertz CT molecular complexity index is 1410.